The predicted molar refractivity (Wildman–Crippen MR) is 128 cm³/mol. The zero-order valence-corrected chi connectivity index (χ0v) is 20.9. The summed E-state index contributed by atoms with van der Waals surface area (Å²) in [6, 6.07) is 2.39. The Morgan fingerprint density at radius 3 is 2.52 bits per heavy atom. The van der Waals surface area contributed by atoms with Crippen LogP contribution in [0, 0.1) is 5.92 Å². The van der Waals surface area contributed by atoms with E-state index in [0.29, 0.717) is 52.6 Å². The number of H-pyrrole nitrogens is 1. The number of nitrogens with zero attached hydrogens (tertiary/aromatic N) is 4. The fraction of sp³-hybridized carbons (Fsp3) is 0.545. The number of nitrogens with one attached hydrogen (secondary N) is 1. The lowest BCUT2D eigenvalue weighted by Gasteiger charge is -2.16. The van der Waals surface area contributed by atoms with E-state index in [1.165, 1.54) is 12.7 Å². The molecule has 1 aliphatic rings. The van der Waals surface area contributed by atoms with Crippen LogP contribution in [-0.4, -0.2) is 50.7 Å². The average molecular weight is 518 g/mol. The number of hydrogen-bond acceptors (Lipinski definition) is 6. The molecule has 2 unspecified atom stereocenters. The Labute approximate surface area is 208 Å². The van der Waals surface area contributed by atoms with Crippen molar-refractivity contribution in [3.05, 3.63) is 45.9 Å². The number of aromatic amines is 1. The SMILES string of the molecule is CCOC(Cc1c(Cl)nc[nH+]c1Cl)OCC.OCC1CCC(n2ccc3c(Cl)ncnc32)C1. The van der Waals surface area contributed by atoms with Crippen LogP contribution in [0.4, 0.5) is 0 Å². The summed E-state index contributed by atoms with van der Waals surface area (Å²) in [6.07, 6.45) is 8.30. The fourth-order valence-electron chi connectivity index (χ4n) is 3.98. The number of ether oxygens (including phenoxy) is 2. The highest BCUT2D eigenvalue weighted by molar-refractivity contribution is 6.34. The smallest absolute Gasteiger partial charge is 0.286 e. The average Bonchev–Trinajstić information content (AvgIpc) is 3.44. The summed E-state index contributed by atoms with van der Waals surface area (Å²) < 4.78 is 13.0. The number of aliphatic hydroxyl groups is 1. The second-order valence-electron chi connectivity index (χ2n) is 7.67. The molecule has 1 fully saturated rings. The topological polar surface area (TPSA) is 96.4 Å². The largest absolute Gasteiger partial charge is 0.396 e. The van der Waals surface area contributed by atoms with Crippen LogP contribution in [0.5, 0.6) is 0 Å². The van der Waals surface area contributed by atoms with Gasteiger partial charge in [-0.1, -0.05) is 11.6 Å². The van der Waals surface area contributed by atoms with E-state index in [2.05, 4.69) is 24.5 Å². The maximum atomic E-state index is 9.18. The maximum Gasteiger partial charge on any atom is 0.286 e. The maximum absolute atomic E-state index is 9.18. The van der Waals surface area contributed by atoms with E-state index in [0.717, 1.165) is 30.3 Å². The van der Waals surface area contributed by atoms with E-state index in [9.17, 15) is 5.11 Å². The Hall–Kier alpha value is -1.55. The minimum atomic E-state index is -0.345. The lowest BCUT2D eigenvalue weighted by atomic mass is 10.1. The van der Waals surface area contributed by atoms with Crippen molar-refractivity contribution in [2.45, 2.75) is 51.9 Å². The van der Waals surface area contributed by atoms with Crippen molar-refractivity contribution in [2.24, 2.45) is 5.92 Å². The number of aromatic nitrogens is 5. The van der Waals surface area contributed by atoms with E-state index in [4.69, 9.17) is 44.3 Å². The molecule has 4 rings (SSSR count). The molecule has 3 aromatic heterocycles. The molecule has 1 aliphatic carbocycles. The van der Waals surface area contributed by atoms with Crippen LogP contribution >= 0.6 is 34.8 Å². The van der Waals surface area contributed by atoms with Crippen molar-refractivity contribution in [1.82, 2.24) is 19.5 Å². The highest BCUT2D eigenvalue weighted by Gasteiger charge is 2.26. The van der Waals surface area contributed by atoms with Crippen molar-refractivity contribution in [2.75, 3.05) is 19.8 Å². The van der Waals surface area contributed by atoms with Crippen LogP contribution in [0.3, 0.4) is 0 Å². The Balaban J connectivity index is 0.000000186. The van der Waals surface area contributed by atoms with Crippen molar-refractivity contribution in [3.8, 4) is 0 Å². The summed E-state index contributed by atoms with van der Waals surface area (Å²) >= 11 is 18.0. The minimum absolute atomic E-state index is 0.283. The molecule has 1 saturated carbocycles. The number of hydrogen-bond donors (Lipinski definition) is 1. The number of rotatable bonds is 8. The molecule has 8 nitrogen and oxygen atoms in total. The highest BCUT2D eigenvalue weighted by atomic mass is 35.5. The van der Waals surface area contributed by atoms with Gasteiger partial charge in [-0.05, 0) is 73.3 Å². The molecule has 0 amide bonds. The molecule has 0 aromatic carbocycles. The van der Waals surface area contributed by atoms with E-state index in [1.54, 1.807) is 0 Å². The molecule has 33 heavy (non-hydrogen) atoms. The molecule has 3 heterocycles. The monoisotopic (exact) mass is 516 g/mol. The van der Waals surface area contributed by atoms with E-state index in [-0.39, 0.29) is 12.9 Å². The lowest BCUT2D eigenvalue weighted by molar-refractivity contribution is -0.381. The first-order chi connectivity index (χ1) is 16.0. The van der Waals surface area contributed by atoms with E-state index in [1.807, 2.05) is 26.1 Å². The normalized spacial score (nSPS) is 18.0. The first-order valence-electron chi connectivity index (χ1n) is 11.0. The van der Waals surface area contributed by atoms with Gasteiger partial charge in [0.15, 0.2) is 6.29 Å². The molecule has 0 spiro atoms. The van der Waals surface area contributed by atoms with Crippen LogP contribution in [0.2, 0.25) is 15.5 Å². The van der Waals surface area contributed by atoms with Gasteiger partial charge in [-0.15, -0.1) is 0 Å². The number of halogens is 3. The lowest BCUT2D eigenvalue weighted by Crippen LogP contribution is -2.22. The number of fused-ring (bicyclic) bond motifs is 1. The highest BCUT2D eigenvalue weighted by Crippen LogP contribution is 2.36. The van der Waals surface area contributed by atoms with Crippen LogP contribution < -0.4 is 4.98 Å². The van der Waals surface area contributed by atoms with Gasteiger partial charge in [-0.25, -0.2) is 15.0 Å². The van der Waals surface area contributed by atoms with Crippen LogP contribution in [0.1, 0.15) is 44.7 Å². The summed E-state index contributed by atoms with van der Waals surface area (Å²) in [5.74, 6) is 0.426. The van der Waals surface area contributed by atoms with Gasteiger partial charge in [0, 0.05) is 38.5 Å². The van der Waals surface area contributed by atoms with Gasteiger partial charge in [0.2, 0.25) is 10.3 Å². The zero-order valence-electron chi connectivity index (χ0n) is 18.7. The molecule has 2 N–H and O–H groups in total. The first kappa shape index (κ1) is 26.1. The second-order valence-corrected chi connectivity index (χ2v) is 8.76. The van der Waals surface area contributed by atoms with Gasteiger partial charge in [0.1, 0.15) is 17.1 Å². The quantitative estimate of drug-likeness (QED) is 0.347. The van der Waals surface area contributed by atoms with Gasteiger partial charge >= 0.3 is 0 Å². The van der Waals surface area contributed by atoms with Crippen molar-refractivity contribution >= 4 is 45.8 Å². The summed E-state index contributed by atoms with van der Waals surface area (Å²) in [6.45, 7) is 5.24. The van der Waals surface area contributed by atoms with Crippen LogP contribution in [0.15, 0.2) is 24.9 Å². The van der Waals surface area contributed by atoms with Crippen LogP contribution in [-0.2, 0) is 15.9 Å². The summed E-state index contributed by atoms with van der Waals surface area (Å²) in [4.78, 5) is 15.0. The molecule has 0 radical (unpaired) electrons. The van der Waals surface area contributed by atoms with Crippen molar-refractivity contribution in [1.29, 1.82) is 0 Å². The molecule has 180 valence electrons. The zero-order chi connectivity index (χ0) is 23.8. The number of aliphatic hydroxyl groups excluding tert-OH is 1. The summed E-state index contributed by atoms with van der Waals surface area (Å²) in [7, 11) is 0. The molecule has 0 aliphatic heterocycles. The second kappa shape index (κ2) is 12.8. The molecule has 2 atom stereocenters. The van der Waals surface area contributed by atoms with Gasteiger partial charge < -0.3 is 19.1 Å². The van der Waals surface area contributed by atoms with E-state index >= 15 is 0 Å². The molecule has 0 bridgehead atoms. The van der Waals surface area contributed by atoms with Crippen LogP contribution in [0.25, 0.3) is 11.0 Å². The molecule has 0 saturated heterocycles. The Morgan fingerprint density at radius 2 is 1.88 bits per heavy atom. The van der Waals surface area contributed by atoms with E-state index < -0.39 is 0 Å². The third-order valence-electron chi connectivity index (χ3n) is 5.58. The Morgan fingerprint density at radius 1 is 1.12 bits per heavy atom. The molecule has 3 aromatic rings. The van der Waals surface area contributed by atoms with Crippen molar-refractivity contribution < 1.29 is 19.6 Å². The van der Waals surface area contributed by atoms with Gasteiger partial charge in [0.25, 0.3) is 6.33 Å². The third kappa shape index (κ3) is 6.74. The minimum Gasteiger partial charge on any atom is -0.396 e. The molecule has 11 heteroatoms. The Bertz CT molecular complexity index is 1010. The predicted octanol–water partition coefficient (Wildman–Crippen LogP) is 4.56. The van der Waals surface area contributed by atoms with Gasteiger partial charge in [-0.2, -0.15) is 0 Å². The molecular formula is C22H29Cl3N5O3+. The fourth-order valence-corrected chi connectivity index (χ4v) is 4.66. The standard InChI is InChI=1S/C12H14ClN3O.C10H14Cl2N2O2/c13-11-10-3-4-16(12(10)15-7-14-11)9-2-1-8(5-9)6-17;1-3-15-8(16-4-2)5-7-9(11)13-6-14-10(7)12/h3-4,7-9,17H,1-2,5-6H2;6,8H,3-5H2,1-2H3/p+1. The summed E-state index contributed by atoms with van der Waals surface area (Å²) in [5, 5.41) is 11.4. The van der Waals surface area contributed by atoms with Gasteiger partial charge in [0.05, 0.1) is 10.9 Å². The summed E-state index contributed by atoms with van der Waals surface area (Å²) in [5.41, 5.74) is 1.60. The molecular weight excluding hydrogens is 489 g/mol. The Kier molecular flexibility index (Phi) is 10.1. The third-order valence-corrected chi connectivity index (χ3v) is 6.55. The van der Waals surface area contributed by atoms with Crippen molar-refractivity contribution in [3.63, 3.8) is 0 Å². The van der Waals surface area contributed by atoms with Gasteiger partial charge in [-0.3, -0.25) is 0 Å². The first-order valence-corrected chi connectivity index (χ1v) is 12.1.